The Morgan fingerprint density at radius 3 is 2.38 bits per heavy atom. The molecular formula is C22H35BrO5Si. The Hall–Kier alpha value is -1.15. The van der Waals surface area contributed by atoms with Crippen LogP contribution in [0.4, 0.5) is 0 Å². The number of carbonyl (C=O) groups is 1. The van der Waals surface area contributed by atoms with Gasteiger partial charge in [0.2, 0.25) is 0 Å². The van der Waals surface area contributed by atoms with Gasteiger partial charge in [-0.2, -0.15) is 0 Å². The number of esters is 1. The molecule has 0 aliphatic rings. The minimum atomic E-state index is -1.95. The summed E-state index contributed by atoms with van der Waals surface area (Å²) in [4.78, 5) is 11.6. The SMILES string of the molecule is CCOC(=O)/C=C/O[C@@H](CO[Si](C)(C)C(C)(C)C)[C@H](CBr)OCc1ccccc1. The summed E-state index contributed by atoms with van der Waals surface area (Å²) in [5, 5.41) is 0.672. The molecule has 0 amide bonds. The van der Waals surface area contributed by atoms with Gasteiger partial charge in [-0.1, -0.05) is 67.0 Å². The van der Waals surface area contributed by atoms with E-state index in [1.54, 1.807) is 6.92 Å². The first-order valence-corrected chi connectivity index (χ1v) is 14.0. The van der Waals surface area contributed by atoms with E-state index in [-0.39, 0.29) is 17.2 Å². The van der Waals surface area contributed by atoms with E-state index in [0.29, 0.717) is 25.2 Å². The Kier molecular flexibility index (Phi) is 11.2. The van der Waals surface area contributed by atoms with Crippen molar-refractivity contribution in [1.82, 2.24) is 0 Å². The molecule has 0 heterocycles. The largest absolute Gasteiger partial charge is 0.493 e. The third-order valence-corrected chi connectivity index (χ3v) is 10.2. The Labute approximate surface area is 185 Å². The van der Waals surface area contributed by atoms with Crippen LogP contribution >= 0.6 is 15.9 Å². The highest BCUT2D eigenvalue weighted by Crippen LogP contribution is 2.36. The molecule has 0 unspecified atom stereocenters. The van der Waals surface area contributed by atoms with E-state index in [1.165, 1.54) is 12.3 Å². The fourth-order valence-electron chi connectivity index (χ4n) is 2.16. The third kappa shape index (κ3) is 9.46. The minimum Gasteiger partial charge on any atom is -0.493 e. The lowest BCUT2D eigenvalue weighted by molar-refractivity contribution is -0.137. The van der Waals surface area contributed by atoms with Gasteiger partial charge in [0.25, 0.3) is 0 Å². The topological polar surface area (TPSA) is 54.0 Å². The maximum atomic E-state index is 11.6. The van der Waals surface area contributed by atoms with Crippen molar-refractivity contribution >= 4 is 30.2 Å². The molecule has 5 nitrogen and oxygen atoms in total. The van der Waals surface area contributed by atoms with Crippen molar-refractivity contribution in [3.8, 4) is 0 Å². The number of rotatable bonds is 12. The molecule has 1 aromatic rings. The van der Waals surface area contributed by atoms with Crippen LogP contribution < -0.4 is 0 Å². The smallest absolute Gasteiger partial charge is 0.333 e. The summed E-state index contributed by atoms with van der Waals surface area (Å²) in [6.07, 6.45) is 2.05. The molecule has 1 aromatic carbocycles. The minimum absolute atomic E-state index is 0.0904. The summed E-state index contributed by atoms with van der Waals surface area (Å²) >= 11 is 3.53. The molecule has 0 bridgehead atoms. The maximum absolute atomic E-state index is 11.6. The number of carbonyl (C=O) groups excluding carboxylic acids is 1. The first-order chi connectivity index (χ1) is 13.6. The van der Waals surface area contributed by atoms with E-state index in [1.807, 2.05) is 30.3 Å². The summed E-state index contributed by atoms with van der Waals surface area (Å²) in [5.74, 6) is -0.433. The third-order valence-electron chi connectivity index (χ3n) is 5.03. The van der Waals surface area contributed by atoms with Crippen LogP contribution in [0.5, 0.6) is 0 Å². The zero-order chi connectivity index (χ0) is 21.9. The summed E-state index contributed by atoms with van der Waals surface area (Å²) < 4.78 is 23.2. The number of benzene rings is 1. The fourth-order valence-corrected chi connectivity index (χ4v) is 3.77. The van der Waals surface area contributed by atoms with Crippen LogP contribution in [0.15, 0.2) is 42.7 Å². The van der Waals surface area contributed by atoms with Crippen LogP contribution in [-0.2, 0) is 30.0 Å². The van der Waals surface area contributed by atoms with Crippen LogP contribution in [0.1, 0.15) is 33.3 Å². The number of alkyl halides is 1. The number of hydrogen-bond acceptors (Lipinski definition) is 5. The second kappa shape index (κ2) is 12.5. The van der Waals surface area contributed by atoms with Crippen molar-refractivity contribution in [3.63, 3.8) is 0 Å². The van der Waals surface area contributed by atoms with E-state index < -0.39 is 14.3 Å². The zero-order valence-electron chi connectivity index (χ0n) is 18.4. The van der Waals surface area contributed by atoms with Gasteiger partial charge in [-0.15, -0.1) is 0 Å². The fraction of sp³-hybridized carbons (Fsp3) is 0.591. The van der Waals surface area contributed by atoms with Crippen LogP contribution in [-0.4, -0.2) is 45.0 Å². The van der Waals surface area contributed by atoms with Crippen LogP contribution in [0.3, 0.4) is 0 Å². The molecule has 2 atom stereocenters. The van der Waals surface area contributed by atoms with Crippen molar-refractivity contribution in [3.05, 3.63) is 48.2 Å². The number of halogens is 1. The molecule has 164 valence electrons. The van der Waals surface area contributed by atoms with Crippen molar-refractivity contribution in [2.75, 3.05) is 18.5 Å². The van der Waals surface area contributed by atoms with E-state index in [9.17, 15) is 4.79 Å². The second-order valence-electron chi connectivity index (χ2n) is 8.29. The highest BCUT2D eigenvalue weighted by atomic mass is 79.9. The molecule has 0 saturated carbocycles. The van der Waals surface area contributed by atoms with Gasteiger partial charge in [0.05, 0.1) is 32.2 Å². The van der Waals surface area contributed by atoms with E-state index in [2.05, 4.69) is 49.8 Å². The molecule has 29 heavy (non-hydrogen) atoms. The highest BCUT2D eigenvalue weighted by molar-refractivity contribution is 9.09. The molecule has 0 fully saturated rings. The van der Waals surface area contributed by atoms with E-state index >= 15 is 0 Å². The second-order valence-corrected chi connectivity index (χ2v) is 13.7. The first-order valence-electron chi connectivity index (χ1n) is 9.95. The molecule has 1 rings (SSSR count). The molecule has 7 heteroatoms. The standard InChI is InChI=1S/C22H35BrO5Si/c1-7-25-21(24)13-14-26-20(17-28-29(5,6)22(2,3)4)19(15-23)27-16-18-11-9-8-10-12-18/h8-14,19-20H,7,15-17H2,1-6H3/b14-13+/t19-,20-/m0/s1. The van der Waals surface area contributed by atoms with Crippen molar-refractivity contribution in [2.45, 2.75) is 64.6 Å². The van der Waals surface area contributed by atoms with Crippen LogP contribution in [0, 0.1) is 0 Å². The summed E-state index contributed by atoms with van der Waals surface area (Å²) in [5.41, 5.74) is 1.09. The summed E-state index contributed by atoms with van der Waals surface area (Å²) in [7, 11) is -1.95. The molecule has 0 N–H and O–H groups in total. The van der Waals surface area contributed by atoms with E-state index in [4.69, 9.17) is 18.6 Å². The van der Waals surface area contributed by atoms with Crippen LogP contribution in [0.2, 0.25) is 18.1 Å². The monoisotopic (exact) mass is 486 g/mol. The molecule has 0 radical (unpaired) electrons. The Morgan fingerprint density at radius 2 is 1.83 bits per heavy atom. The predicted molar refractivity (Wildman–Crippen MR) is 123 cm³/mol. The van der Waals surface area contributed by atoms with Gasteiger partial charge in [0.15, 0.2) is 8.32 Å². The van der Waals surface area contributed by atoms with Gasteiger partial charge >= 0.3 is 5.97 Å². The normalized spacial score (nSPS) is 14.6. The Bertz CT molecular complexity index is 628. The number of hydrogen-bond donors (Lipinski definition) is 0. The first kappa shape index (κ1) is 25.9. The lowest BCUT2D eigenvalue weighted by Gasteiger charge is -2.38. The van der Waals surface area contributed by atoms with Crippen LogP contribution in [0.25, 0.3) is 0 Å². The van der Waals surface area contributed by atoms with Gasteiger partial charge in [-0.3, -0.25) is 0 Å². The lowest BCUT2D eigenvalue weighted by atomic mass is 10.2. The zero-order valence-corrected chi connectivity index (χ0v) is 21.0. The molecule has 0 spiro atoms. The lowest BCUT2D eigenvalue weighted by Crippen LogP contribution is -2.45. The molecule has 0 aliphatic carbocycles. The van der Waals surface area contributed by atoms with Gasteiger partial charge in [-0.25, -0.2) is 4.79 Å². The van der Waals surface area contributed by atoms with Crippen molar-refractivity contribution < 1.29 is 23.4 Å². The van der Waals surface area contributed by atoms with Gasteiger partial charge in [0.1, 0.15) is 12.2 Å². The van der Waals surface area contributed by atoms with Crippen molar-refractivity contribution in [2.24, 2.45) is 0 Å². The Balaban J connectivity index is 2.83. The molecule has 0 saturated heterocycles. The van der Waals surface area contributed by atoms with Gasteiger partial charge in [-0.05, 0) is 30.6 Å². The molecule has 0 aromatic heterocycles. The van der Waals surface area contributed by atoms with E-state index in [0.717, 1.165) is 5.56 Å². The maximum Gasteiger partial charge on any atom is 0.333 e. The Morgan fingerprint density at radius 1 is 1.17 bits per heavy atom. The van der Waals surface area contributed by atoms with Gasteiger partial charge < -0.3 is 18.6 Å². The average molecular weight is 488 g/mol. The average Bonchev–Trinajstić information content (AvgIpc) is 2.66. The molecule has 0 aliphatic heterocycles. The van der Waals surface area contributed by atoms with Gasteiger partial charge in [0, 0.05) is 5.33 Å². The van der Waals surface area contributed by atoms with Crippen molar-refractivity contribution in [1.29, 1.82) is 0 Å². The summed E-state index contributed by atoms with van der Waals surface area (Å²) in [6, 6.07) is 9.99. The molecular weight excluding hydrogens is 452 g/mol. The summed E-state index contributed by atoms with van der Waals surface area (Å²) in [6.45, 7) is 13.9. The quantitative estimate of drug-likeness (QED) is 0.129. The number of ether oxygens (including phenoxy) is 3. The predicted octanol–water partition coefficient (Wildman–Crippen LogP) is 5.45. The highest BCUT2D eigenvalue weighted by Gasteiger charge is 2.38.